The van der Waals surface area contributed by atoms with E-state index in [1.165, 1.54) is 0 Å². The molecule has 1 N–H and O–H groups in total. The quantitative estimate of drug-likeness (QED) is 0.907. The number of hydrogen-bond acceptors (Lipinski definition) is 2. The first kappa shape index (κ1) is 15.6. The molecule has 3 nitrogen and oxygen atoms in total. The van der Waals surface area contributed by atoms with Crippen molar-refractivity contribution in [2.24, 2.45) is 5.92 Å². The van der Waals surface area contributed by atoms with Gasteiger partial charge in [0, 0.05) is 0 Å². The lowest BCUT2D eigenvalue weighted by Gasteiger charge is -2.14. The van der Waals surface area contributed by atoms with Crippen molar-refractivity contribution >= 4 is 15.7 Å². The first-order valence-electron chi connectivity index (χ1n) is 7.06. The Hall–Kier alpha value is -1.81. The van der Waals surface area contributed by atoms with Crippen LogP contribution in [-0.4, -0.2) is 8.42 Å². The van der Waals surface area contributed by atoms with Crippen LogP contribution in [0.3, 0.4) is 0 Å². The van der Waals surface area contributed by atoms with Crippen molar-refractivity contribution in [3.63, 3.8) is 0 Å². The largest absolute Gasteiger partial charge is 0.279 e. The smallest absolute Gasteiger partial charge is 0.261 e. The zero-order valence-corrected chi connectivity index (χ0v) is 13.4. The van der Waals surface area contributed by atoms with Crippen LogP contribution in [0.2, 0.25) is 0 Å². The molecule has 0 aromatic heterocycles. The minimum atomic E-state index is -3.54. The average Bonchev–Trinajstić information content (AvgIpc) is 2.40. The van der Waals surface area contributed by atoms with Gasteiger partial charge in [-0.25, -0.2) is 8.42 Å². The van der Waals surface area contributed by atoms with Gasteiger partial charge in [-0.3, -0.25) is 4.72 Å². The van der Waals surface area contributed by atoms with E-state index in [4.69, 9.17) is 0 Å². The highest BCUT2D eigenvalue weighted by molar-refractivity contribution is 7.92. The van der Waals surface area contributed by atoms with E-state index >= 15 is 0 Å². The molecule has 0 aliphatic carbocycles. The fourth-order valence-corrected chi connectivity index (χ4v) is 3.26. The van der Waals surface area contributed by atoms with E-state index in [1.807, 2.05) is 31.2 Å². The number of para-hydroxylation sites is 1. The van der Waals surface area contributed by atoms with Crippen molar-refractivity contribution in [2.45, 2.75) is 32.1 Å². The van der Waals surface area contributed by atoms with Crippen LogP contribution in [0.25, 0.3) is 0 Å². The van der Waals surface area contributed by atoms with Crippen LogP contribution in [0, 0.1) is 12.8 Å². The van der Waals surface area contributed by atoms with E-state index in [2.05, 4.69) is 18.6 Å². The minimum absolute atomic E-state index is 0.285. The molecule has 0 spiro atoms. The first-order valence-corrected chi connectivity index (χ1v) is 8.54. The van der Waals surface area contributed by atoms with Gasteiger partial charge in [0.2, 0.25) is 0 Å². The molecule has 0 amide bonds. The van der Waals surface area contributed by atoms with Gasteiger partial charge in [0.25, 0.3) is 10.0 Å². The molecule has 0 radical (unpaired) electrons. The maximum atomic E-state index is 12.4. The SMILES string of the molecule is Cc1ccc(S(=O)(=O)Nc2ccccc2CC(C)C)cc1. The maximum Gasteiger partial charge on any atom is 0.261 e. The minimum Gasteiger partial charge on any atom is -0.279 e. The lowest BCUT2D eigenvalue weighted by molar-refractivity contribution is 0.600. The van der Waals surface area contributed by atoms with Crippen LogP contribution in [0.5, 0.6) is 0 Å². The molecule has 4 heteroatoms. The van der Waals surface area contributed by atoms with Crippen LogP contribution in [-0.2, 0) is 16.4 Å². The summed E-state index contributed by atoms with van der Waals surface area (Å²) in [6, 6.07) is 14.4. The second-order valence-corrected chi connectivity index (χ2v) is 7.36. The third kappa shape index (κ3) is 4.08. The monoisotopic (exact) mass is 303 g/mol. The average molecular weight is 303 g/mol. The second kappa shape index (κ2) is 6.31. The lowest BCUT2D eigenvalue weighted by Crippen LogP contribution is -2.14. The Morgan fingerprint density at radius 2 is 1.62 bits per heavy atom. The Balaban J connectivity index is 2.30. The summed E-state index contributed by atoms with van der Waals surface area (Å²) in [5.74, 6) is 0.468. The molecule has 0 aliphatic heterocycles. The molecule has 0 aliphatic rings. The van der Waals surface area contributed by atoms with Crippen molar-refractivity contribution < 1.29 is 8.42 Å². The Bertz CT molecular complexity index is 704. The lowest BCUT2D eigenvalue weighted by atomic mass is 10.0. The van der Waals surface area contributed by atoms with Crippen LogP contribution < -0.4 is 4.72 Å². The molecule has 0 saturated carbocycles. The molecule has 2 rings (SSSR count). The molecule has 0 saturated heterocycles. The second-order valence-electron chi connectivity index (χ2n) is 5.67. The summed E-state index contributed by atoms with van der Waals surface area (Å²) in [5.41, 5.74) is 2.71. The van der Waals surface area contributed by atoms with Gasteiger partial charge in [-0.2, -0.15) is 0 Å². The fraction of sp³-hybridized carbons (Fsp3) is 0.294. The summed E-state index contributed by atoms with van der Waals surface area (Å²) >= 11 is 0. The molecule has 0 atom stereocenters. The van der Waals surface area contributed by atoms with Gasteiger partial charge in [-0.15, -0.1) is 0 Å². The molecule has 2 aromatic rings. The van der Waals surface area contributed by atoms with E-state index in [0.717, 1.165) is 17.5 Å². The molecule has 0 bridgehead atoms. The van der Waals surface area contributed by atoms with Gasteiger partial charge < -0.3 is 0 Å². The predicted octanol–water partition coefficient (Wildman–Crippen LogP) is 3.99. The number of nitrogens with one attached hydrogen (secondary N) is 1. The topological polar surface area (TPSA) is 46.2 Å². The Labute approximate surface area is 127 Å². The fourth-order valence-electron chi connectivity index (χ4n) is 2.16. The summed E-state index contributed by atoms with van der Waals surface area (Å²) in [4.78, 5) is 0.285. The number of anilines is 1. The molecule has 0 fully saturated rings. The third-order valence-corrected chi connectivity index (χ3v) is 4.60. The van der Waals surface area contributed by atoms with Crippen molar-refractivity contribution in [1.29, 1.82) is 0 Å². The Morgan fingerprint density at radius 1 is 1.00 bits per heavy atom. The van der Waals surface area contributed by atoms with Crippen molar-refractivity contribution in [2.75, 3.05) is 4.72 Å². The highest BCUT2D eigenvalue weighted by atomic mass is 32.2. The van der Waals surface area contributed by atoms with E-state index in [0.29, 0.717) is 11.6 Å². The zero-order chi connectivity index (χ0) is 15.5. The van der Waals surface area contributed by atoms with Gasteiger partial charge in [0.05, 0.1) is 10.6 Å². The summed E-state index contributed by atoms with van der Waals surface area (Å²) in [7, 11) is -3.54. The highest BCUT2D eigenvalue weighted by Crippen LogP contribution is 2.22. The first-order chi connectivity index (χ1) is 9.88. The van der Waals surface area contributed by atoms with E-state index in [1.54, 1.807) is 24.3 Å². The number of aryl methyl sites for hydroxylation is 1. The molecule has 2 aromatic carbocycles. The molecule has 112 valence electrons. The van der Waals surface area contributed by atoms with Crippen molar-refractivity contribution in [1.82, 2.24) is 0 Å². The number of sulfonamides is 1. The van der Waals surface area contributed by atoms with E-state index < -0.39 is 10.0 Å². The Kier molecular flexibility index (Phi) is 4.68. The molecular weight excluding hydrogens is 282 g/mol. The summed E-state index contributed by atoms with van der Waals surface area (Å²) in [5, 5.41) is 0. The van der Waals surface area contributed by atoms with Gasteiger partial charge in [0.1, 0.15) is 0 Å². The Morgan fingerprint density at radius 3 is 2.24 bits per heavy atom. The van der Waals surface area contributed by atoms with Crippen LogP contribution >= 0.6 is 0 Å². The summed E-state index contributed by atoms with van der Waals surface area (Å²) in [6.45, 7) is 6.16. The van der Waals surface area contributed by atoms with Crippen LogP contribution in [0.4, 0.5) is 5.69 Å². The van der Waals surface area contributed by atoms with Gasteiger partial charge >= 0.3 is 0 Å². The van der Waals surface area contributed by atoms with Gasteiger partial charge in [0.15, 0.2) is 0 Å². The highest BCUT2D eigenvalue weighted by Gasteiger charge is 2.15. The van der Waals surface area contributed by atoms with Crippen LogP contribution in [0.15, 0.2) is 53.4 Å². The zero-order valence-electron chi connectivity index (χ0n) is 12.6. The maximum absolute atomic E-state index is 12.4. The van der Waals surface area contributed by atoms with Crippen molar-refractivity contribution in [3.05, 3.63) is 59.7 Å². The van der Waals surface area contributed by atoms with Crippen molar-refractivity contribution in [3.8, 4) is 0 Å². The predicted molar refractivity (Wildman–Crippen MR) is 87.0 cm³/mol. The van der Waals surface area contributed by atoms with E-state index in [9.17, 15) is 8.42 Å². The molecule has 0 heterocycles. The number of rotatable bonds is 5. The summed E-state index contributed by atoms with van der Waals surface area (Å²) < 4.78 is 27.6. The van der Waals surface area contributed by atoms with Gasteiger partial charge in [-0.1, -0.05) is 49.7 Å². The summed E-state index contributed by atoms with van der Waals surface area (Å²) in [6.07, 6.45) is 0.840. The molecule has 0 unspecified atom stereocenters. The van der Waals surface area contributed by atoms with Crippen LogP contribution in [0.1, 0.15) is 25.0 Å². The van der Waals surface area contributed by atoms with Gasteiger partial charge in [-0.05, 0) is 43.0 Å². The third-order valence-electron chi connectivity index (χ3n) is 3.22. The standard InChI is InChI=1S/C17H21NO2S/c1-13(2)12-15-6-4-5-7-17(15)18-21(19,20)16-10-8-14(3)9-11-16/h4-11,13,18H,12H2,1-3H3. The normalized spacial score (nSPS) is 11.6. The number of hydrogen-bond donors (Lipinski definition) is 1. The number of benzene rings is 2. The molecular formula is C17H21NO2S. The molecule has 21 heavy (non-hydrogen) atoms. The van der Waals surface area contributed by atoms with E-state index in [-0.39, 0.29) is 4.90 Å².